The van der Waals surface area contributed by atoms with Gasteiger partial charge < -0.3 is 25.6 Å². The minimum absolute atomic E-state index is 0.00792. The van der Waals surface area contributed by atoms with Crippen molar-refractivity contribution in [1.29, 1.82) is 0 Å². The average molecular weight is 440 g/mol. The first-order chi connectivity index (χ1) is 14.7. The normalized spacial score (nSPS) is 17.5. The molecule has 0 aromatic heterocycles. The molecule has 9 heteroatoms. The van der Waals surface area contributed by atoms with E-state index in [9.17, 15) is 13.6 Å². The lowest BCUT2D eigenvalue weighted by Gasteiger charge is -2.35. The SMILES string of the molecule is CCNC(=NCCNC(=O)C(C)(C)C)NC1CCCN(c2ccc(OC(F)F)cc2)C1. The Morgan fingerprint density at radius 2 is 1.97 bits per heavy atom. The standard InChI is InChI=1S/C22H35F2N5O2/c1-5-25-21(27-13-12-26-19(30)22(2,3)4)28-16-7-6-14-29(15-16)17-8-10-18(11-9-17)31-20(23)24/h8-11,16,20H,5-7,12-15H2,1-4H3,(H,26,30)(H2,25,27,28). The van der Waals surface area contributed by atoms with Crippen LogP contribution in [0, 0.1) is 5.41 Å². The van der Waals surface area contributed by atoms with E-state index in [2.05, 4.69) is 30.6 Å². The number of hydrogen-bond donors (Lipinski definition) is 3. The molecule has 1 fully saturated rings. The maximum absolute atomic E-state index is 12.3. The van der Waals surface area contributed by atoms with Crippen LogP contribution in [0.3, 0.4) is 0 Å². The molecule has 1 saturated heterocycles. The average Bonchev–Trinajstić information content (AvgIpc) is 2.70. The Morgan fingerprint density at radius 1 is 1.26 bits per heavy atom. The number of piperidine rings is 1. The maximum atomic E-state index is 12.3. The molecule has 1 heterocycles. The number of rotatable bonds is 8. The lowest BCUT2D eigenvalue weighted by Crippen LogP contribution is -2.51. The molecule has 1 aromatic carbocycles. The van der Waals surface area contributed by atoms with Gasteiger partial charge in [-0.15, -0.1) is 0 Å². The number of amides is 1. The Labute approximate surface area is 183 Å². The van der Waals surface area contributed by atoms with Crippen LogP contribution in [0.1, 0.15) is 40.5 Å². The first kappa shape index (κ1) is 24.7. The van der Waals surface area contributed by atoms with Crippen molar-refractivity contribution in [3.05, 3.63) is 24.3 Å². The van der Waals surface area contributed by atoms with E-state index < -0.39 is 12.0 Å². The number of nitrogens with zero attached hydrogens (tertiary/aromatic N) is 2. The van der Waals surface area contributed by atoms with Crippen molar-refractivity contribution in [1.82, 2.24) is 16.0 Å². The summed E-state index contributed by atoms with van der Waals surface area (Å²) in [7, 11) is 0. The fourth-order valence-electron chi connectivity index (χ4n) is 3.28. The molecule has 174 valence electrons. The smallest absolute Gasteiger partial charge is 0.387 e. The van der Waals surface area contributed by atoms with Crippen LogP contribution in [0.15, 0.2) is 29.3 Å². The number of benzene rings is 1. The third-order valence-electron chi connectivity index (χ3n) is 4.88. The van der Waals surface area contributed by atoms with Crippen LogP contribution in [0.2, 0.25) is 0 Å². The second kappa shape index (κ2) is 11.7. The van der Waals surface area contributed by atoms with Crippen molar-refractivity contribution < 1.29 is 18.3 Å². The fraction of sp³-hybridized carbons (Fsp3) is 0.636. The monoisotopic (exact) mass is 439 g/mol. The summed E-state index contributed by atoms with van der Waals surface area (Å²) in [6.07, 6.45) is 2.02. The number of guanidine groups is 1. The summed E-state index contributed by atoms with van der Waals surface area (Å²) in [5, 5.41) is 9.62. The Bertz CT molecular complexity index is 720. The molecule has 0 bridgehead atoms. The quantitative estimate of drug-likeness (QED) is 0.330. The van der Waals surface area contributed by atoms with Gasteiger partial charge in [-0.1, -0.05) is 20.8 Å². The Balaban J connectivity index is 1.89. The summed E-state index contributed by atoms with van der Waals surface area (Å²) in [6.45, 7) is 8.22. The summed E-state index contributed by atoms with van der Waals surface area (Å²) in [5.41, 5.74) is 0.557. The van der Waals surface area contributed by atoms with E-state index in [1.807, 2.05) is 27.7 Å². The third kappa shape index (κ3) is 8.59. The van der Waals surface area contributed by atoms with Gasteiger partial charge in [0, 0.05) is 43.3 Å². The Kier molecular flexibility index (Phi) is 9.33. The summed E-state index contributed by atoms with van der Waals surface area (Å²) in [5.74, 6) is 0.888. The van der Waals surface area contributed by atoms with E-state index in [0.717, 1.165) is 44.1 Å². The molecule has 0 radical (unpaired) electrons. The minimum atomic E-state index is -2.82. The van der Waals surface area contributed by atoms with Crippen molar-refractivity contribution in [2.75, 3.05) is 37.6 Å². The highest BCUT2D eigenvalue weighted by Crippen LogP contribution is 2.23. The van der Waals surface area contributed by atoms with Crippen molar-refractivity contribution in [2.45, 2.75) is 53.2 Å². The van der Waals surface area contributed by atoms with Crippen molar-refractivity contribution in [3.63, 3.8) is 0 Å². The van der Waals surface area contributed by atoms with Gasteiger partial charge in [0.05, 0.1) is 6.54 Å². The molecular formula is C22H35F2N5O2. The van der Waals surface area contributed by atoms with Gasteiger partial charge in [-0.25, -0.2) is 0 Å². The molecule has 31 heavy (non-hydrogen) atoms. The molecule has 1 aliphatic rings. The zero-order valence-electron chi connectivity index (χ0n) is 18.9. The summed E-state index contributed by atoms with van der Waals surface area (Å²) < 4.78 is 29.1. The molecule has 0 spiro atoms. The molecule has 7 nitrogen and oxygen atoms in total. The van der Waals surface area contributed by atoms with Gasteiger partial charge in [0.2, 0.25) is 5.91 Å². The first-order valence-electron chi connectivity index (χ1n) is 10.8. The predicted octanol–water partition coefficient (Wildman–Crippen LogP) is 2.97. The van der Waals surface area contributed by atoms with E-state index in [-0.39, 0.29) is 17.7 Å². The number of carbonyl (C=O) groups is 1. The zero-order valence-corrected chi connectivity index (χ0v) is 18.9. The lowest BCUT2D eigenvalue weighted by atomic mass is 9.96. The largest absolute Gasteiger partial charge is 0.435 e. The fourth-order valence-corrected chi connectivity index (χ4v) is 3.28. The molecule has 1 aromatic rings. The number of nitrogens with one attached hydrogen (secondary N) is 3. The summed E-state index contributed by atoms with van der Waals surface area (Å²) in [4.78, 5) is 18.7. The van der Waals surface area contributed by atoms with E-state index in [1.165, 1.54) is 0 Å². The van der Waals surface area contributed by atoms with E-state index >= 15 is 0 Å². The minimum Gasteiger partial charge on any atom is -0.435 e. The maximum Gasteiger partial charge on any atom is 0.387 e. The number of alkyl halides is 2. The van der Waals surface area contributed by atoms with Gasteiger partial charge in [0.1, 0.15) is 5.75 Å². The van der Waals surface area contributed by atoms with Gasteiger partial charge >= 0.3 is 6.61 Å². The van der Waals surface area contributed by atoms with Crippen molar-refractivity contribution in [3.8, 4) is 5.75 Å². The molecule has 1 amide bonds. The molecule has 1 atom stereocenters. The van der Waals surface area contributed by atoms with Crippen LogP contribution in [-0.4, -0.2) is 57.2 Å². The number of halogens is 2. The van der Waals surface area contributed by atoms with Gasteiger partial charge in [0.15, 0.2) is 5.96 Å². The number of carbonyl (C=O) groups excluding carboxylic acids is 1. The molecule has 1 unspecified atom stereocenters. The van der Waals surface area contributed by atoms with Gasteiger partial charge in [0.25, 0.3) is 0 Å². The molecule has 0 aliphatic carbocycles. The van der Waals surface area contributed by atoms with Crippen LogP contribution in [0.5, 0.6) is 5.75 Å². The first-order valence-corrected chi connectivity index (χ1v) is 10.8. The van der Waals surface area contributed by atoms with E-state index in [1.54, 1.807) is 24.3 Å². The lowest BCUT2D eigenvalue weighted by molar-refractivity contribution is -0.128. The topological polar surface area (TPSA) is 78.0 Å². The number of ether oxygens (including phenoxy) is 1. The van der Waals surface area contributed by atoms with E-state index in [0.29, 0.717) is 13.1 Å². The van der Waals surface area contributed by atoms with Crippen LogP contribution in [0.25, 0.3) is 0 Å². The van der Waals surface area contributed by atoms with Gasteiger partial charge in [-0.2, -0.15) is 8.78 Å². The molecular weight excluding hydrogens is 404 g/mol. The number of anilines is 1. The third-order valence-corrected chi connectivity index (χ3v) is 4.88. The Hall–Kier alpha value is -2.58. The van der Waals surface area contributed by atoms with Crippen molar-refractivity contribution >= 4 is 17.6 Å². The molecule has 0 saturated carbocycles. The molecule has 1 aliphatic heterocycles. The number of hydrogen-bond acceptors (Lipinski definition) is 4. The summed E-state index contributed by atoms with van der Waals surface area (Å²) in [6, 6.07) is 6.94. The highest BCUT2D eigenvalue weighted by molar-refractivity contribution is 5.81. The van der Waals surface area contributed by atoms with Crippen LogP contribution in [-0.2, 0) is 4.79 Å². The number of aliphatic imine (C=N–C) groups is 1. The Morgan fingerprint density at radius 3 is 2.58 bits per heavy atom. The zero-order chi connectivity index (χ0) is 22.9. The summed E-state index contributed by atoms with van der Waals surface area (Å²) >= 11 is 0. The van der Waals surface area contributed by atoms with Crippen LogP contribution in [0.4, 0.5) is 14.5 Å². The van der Waals surface area contributed by atoms with E-state index in [4.69, 9.17) is 0 Å². The molecule has 3 N–H and O–H groups in total. The molecule has 2 rings (SSSR count). The highest BCUT2D eigenvalue weighted by Gasteiger charge is 2.22. The second-order valence-corrected chi connectivity index (χ2v) is 8.57. The second-order valence-electron chi connectivity index (χ2n) is 8.57. The van der Waals surface area contributed by atoms with Crippen LogP contribution >= 0.6 is 0 Å². The predicted molar refractivity (Wildman–Crippen MR) is 120 cm³/mol. The van der Waals surface area contributed by atoms with Crippen LogP contribution < -0.4 is 25.6 Å². The van der Waals surface area contributed by atoms with Gasteiger partial charge in [-0.3, -0.25) is 9.79 Å². The van der Waals surface area contributed by atoms with Crippen molar-refractivity contribution in [2.24, 2.45) is 10.4 Å². The van der Waals surface area contributed by atoms with Gasteiger partial charge in [-0.05, 0) is 44.0 Å². The highest BCUT2D eigenvalue weighted by atomic mass is 19.3.